The van der Waals surface area contributed by atoms with E-state index < -0.39 is 26.4 Å². The van der Waals surface area contributed by atoms with Gasteiger partial charge in [0, 0.05) is 24.3 Å². The minimum atomic E-state index is -1.09. The van der Waals surface area contributed by atoms with Crippen LogP contribution in [0, 0.1) is 20.2 Å². The Kier molecular flexibility index (Phi) is 5.48. The average molecular weight is 369 g/mol. The molecule has 124 valence electrons. The van der Waals surface area contributed by atoms with Crippen LogP contribution in [-0.2, 0) is 4.79 Å². The SMILES string of the molecule is O=C(C(Cl)c1ccc([N+](=O)[O-])cc1)C(Cl)c1ccc([N+](=O)[O-])cc1. The Morgan fingerprint density at radius 1 is 0.750 bits per heavy atom. The summed E-state index contributed by atoms with van der Waals surface area (Å²) in [6.07, 6.45) is 0. The van der Waals surface area contributed by atoms with E-state index in [9.17, 15) is 25.0 Å². The van der Waals surface area contributed by atoms with Gasteiger partial charge < -0.3 is 0 Å². The second kappa shape index (κ2) is 7.37. The highest BCUT2D eigenvalue weighted by Crippen LogP contribution is 2.33. The first-order valence-electron chi connectivity index (χ1n) is 6.62. The van der Waals surface area contributed by atoms with Crippen molar-refractivity contribution in [2.75, 3.05) is 0 Å². The molecule has 2 aromatic carbocycles. The Morgan fingerprint density at radius 3 is 1.29 bits per heavy atom. The Bertz CT molecular complexity index is 712. The number of nitro groups is 2. The monoisotopic (exact) mass is 368 g/mol. The van der Waals surface area contributed by atoms with Gasteiger partial charge in [0.2, 0.25) is 0 Å². The predicted molar refractivity (Wildman–Crippen MR) is 88.4 cm³/mol. The number of hydrogen-bond donors (Lipinski definition) is 0. The first-order valence-corrected chi connectivity index (χ1v) is 7.49. The van der Waals surface area contributed by atoms with E-state index in [4.69, 9.17) is 23.2 Å². The van der Waals surface area contributed by atoms with Crippen molar-refractivity contribution >= 4 is 40.4 Å². The summed E-state index contributed by atoms with van der Waals surface area (Å²) in [5, 5.41) is 19.1. The molecular formula is C15H10Cl2N2O5. The van der Waals surface area contributed by atoms with E-state index in [0.717, 1.165) is 0 Å². The van der Waals surface area contributed by atoms with E-state index in [1.807, 2.05) is 0 Å². The maximum Gasteiger partial charge on any atom is 0.269 e. The molecule has 9 heteroatoms. The van der Waals surface area contributed by atoms with E-state index in [1.54, 1.807) is 0 Å². The second-order valence-electron chi connectivity index (χ2n) is 4.82. The summed E-state index contributed by atoms with van der Waals surface area (Å²) in [6, 6.07) is 10.5. The molecule has 0 aliphatic heterocycles. The fourth-order valence-electron chi connectivity index (χ4n) is 1.99. The number of hydrogen-bond acceptors (Lipinski definition) is 5. The van der Waals surface area contributed by atoms with Gasteiger partial charge in [0.1, 0.15) is 10.8 Å². The number of rotatable bonds is 6. The minimum Gasteiger partial charge on any atom is -0.296 e. The molecule has 0 N–H and O–H groups in total. The van der Waals surface area contributed by atoms with E-state index in [1.165, 1.54) is 48.5 Å². The average Bonchev–Trinajstić information content (AvgIpc) is 2.60. The van der Waals surface area contributed by atoms with Crippen molar-refractivity contribution < 1.29 is 14.6 Å². The molecule has 0 aromatic heterocycles. The summed E-state index contributed by atoms with van der Waals surface area (Å²) in [5.41, 5.74) is 0.514. The van der Waals surface area contributed by atoms with Crippen LogP contribution in [0.25, 0.3) is 0 Å². The quantitative estimate of drug-likeness (QED) is 0.428. The lowest BCUT2D eigenvalue weighted by Gasteiger charge is -2.13. The largest absolute Gasteiger partial charge is 0.296 e. The number of nitro benzene ring substituents is 2. The van der Waals surface area contributed by atoms with Gasteiger partial charge in [-0.3, -0.25) is 25.0 Å². The highest BCUT2D eigenvalue weighted by Gasteiger charge is 2.27. The van der Waals surface area contributed by atoms with E-state index in [0.29, 0.717) is 11.1 Å². The molecule has 2 atom stereocenters. The van der Waals surface area contributed by atoms with Crippen molar-refractivity contribution in [1.29, 1.82) is 0 Å². The number of carbonyl (C=O) groups is 1. The van der Waals surface area contributed by atoms with Crippen LogP contribution in [0.2, 0.25) is 0 Å². The number of carbonyl (C=O) groups excluding carboxylic acids is 1. The Balaban J connectivity index is 2.16. The lowest BCUT2D eigenvalue weighted by Crippen LogP contribution is -2.13. The molecule has 0 saturated carbocycles. The zero-order valence-electron chi connectivity index (χ0n) is 12.0. The summed E-state index contributed by atoms with van der Waals surface area (Å²) < 4.78 is 0. The Labute approximate surface area is 146 Å². The van der Waals surface area contributed by atoms with Gasteiger partial charge in [-0.05, 0) is 11.1 Å². The highest BCUT2D eigenvalue weighted by molar-refractivity contribution is 6.40. The summed E-state index contributed by atoms with van der Waals surface area (Å²) in [7, 11) is 0. The third kappa shape index (κ3) is 3.87. The van der Waals surface area contributed by atoms with Crippen LogP contribution in [0.1, 0.15) is 21.9 Å². The second-order valence-corrected chi connectivity index (χ2v) is 5.70. The predicted octanol–water partition coefficient (Wildman–Crippen LogP) is 4.33. The lowest BCUT2D eigenvalue weighted by atomic mass is 10.0. The molecule has 0 radical (unpaired) electrons. The number of non-ortho nitro benzene ring substituents is 2. The highest BCUT2D eigenvalue weighted by atomic mass is 35.5. The molecule has 0 fully saturated rings. The van der Waals surface area contributed by atoms with E-state index >= 15 is 0 Å². The van der Waals surface area contributed by atoms with Crippen LogP contribution in [-0.4, -0.2) is 15.6 Å². The first-order chi connectivity index (χ1) is 11.3. The molecule has 0 bridgehead atoms. The summed E-state index contributed by atoms with van der Waals surface area (Å²) >= 11 is 12.2. The van der Waals surface area contributed by atoms with Gasteiger partial charge in [-0.25, -0.2) is 0 Å². The maximum absolute atomic E-state index is 12.3. The van der Waals surface area contributed by atoms with Gasteiger partial charge >= 0.3 is 0 Å². The van der Waals surface area contributed by atoms with Crippen molar-refractivity contribution in [3.63, 3.8) is 0 Å². The van der Waals surface area contributed by atoms with Crippen molar-refractivity contribution in [2.24, 2.45) is 0 Å². The van der Waals surface area contributed by atoms with Crippen molar-refractivity contribution in [2.45, 2.75) is 10.8 Å². The van der Waals surface area contributed by atoms with Crippen molar-refractivity contribution in [1.82, 2.24) is 0 Å². The van der Waals surface area contributed by atoms with Crippen molar-refractivity contribution in [3.05, 3.63) is 79.9 Å². The molecule has 0 aliphatic rings. The van der Waals surface area contributed by atoms with Gasteiger partial charge in [0.15, 0.2) is 5.78 Å². The number of benzene rings is 2. The van der Waals surface area contributed by atoms with Gasteiger partial charge in [0.05, 0.1) is 9.85 Å². The van der Waals surface area contributed by atoms with Crippen LogP contribution in [0.4, 0.5) is 11.4 Å². The normalized spacial score (nSPS) is 13.1. The molecule has 7 nitrogen and oxygen atoms in total. The number of halogens is 2. The van der Waals surface area contributed by atoms with Gasteiger partial charge in [-0.1, -0.05) is 24.3 Å². The molecule has 0 aliphatic carbocycles. The number of ketones is 1. The minimum absolute atomic E-state index is 0.118. The van der Waals surface area contributed by atoms with Gasteiger partial charge in [-0.15, -0.1) is 23.2 Å². The van der Waals surface area contributed by atoms with E-state index in [2.05, 4.69) is 0 Å². The summed E-state index contributed by atoms with van der Waals surface area (Å²) in [6.45, 7) is 0. The Hall–Kier alpha value is -2.51. The third-order valence-electron chi connectivity index (χ3n) is 3.29. The van der Waals surface area contributed by atoms with Gasteiger partial charge in [-0.2, -0.15) is 0 Å². The summed E-state index contributed by atoms with van der Waals surface area (Å²) in [4.78, 5) is 32.5. The smallest absolute Gasteiger partial charge is 0.269 e. The van der Waals surface area contributed by atoms with Crippen LogP contribution in [0.3, 0.4) is 0 Å². The molecule has 2 aromatic rings. The molecule has 0 saturated heterocycles. The van der Waals surface area contributed by atoms with Crippen LogP contribution in [0.15, 0.2) is 48.5 Å². The third-order valence-corrected chi connectivity index (χ3v) is 4.23. The number of nitrogens with zero attached hydrogens (tertiary/aromatic N) is 2. The van der Waals surface area contributed by atoms with Crippen molar-refractivity contribution in [3.8, 4) is 0 Å². The first kappa shape index (κ1) is 17.8. The zero-order valence-corrected chi connectivity index (χ0v) is 13.5. The zero-order chi connectivity index (χ0) is 17.9. The summed E-state index contributed by atoms with van der Waals surface area (Å²) in [5.74, 6) is -0.527. The standard InChI is InChI=1S/C15H10Cl2N2O5/c16-13(9-1-5-11(6-2-9)18(21)22)15(20)14(17)10-3-7-12(8-4-10)19(23)24/h1-8,13-14H. The molecule has 0 heterocycles. The molecule has 2 unspecified atom stereocenters. The molecule has 24 heavy (non-hydrogen) atoms. The molecule has 2 rings (SSSR count). The topological polar surface area (TPSA) is 103 Å². The molecule has 0 amide bonds. The maximum atomic E-state index is 12.3. The molecule has 0 spiro atoms. The van der Waals surface area contributed by atoms with Crippen LogP contribution >= 0.6 is 23.2 Å². The number of alkyl halides is 2. The fraction of sp³-hybridized carbons (Fsp3) is 0.133. The van der Waals surface area contributed by atoms with Crippen LogP contribution in [0.5, 0.6) is 0 Å². The van der Waals surface area contributed by atoms with E-state index in [-0.39, 0.29) is 11.4 Å². The Morgan fingerprint density at radius 2 is 1.04 bits per heavy atom. The fourth-order valence-corrected chi connectivity index (χ4v) is 2.59. The van der Waals surface area contributed by atoms with Gasteiger partial charge in [0.25, 0.3) is 11.4 Å². The lowest BCUT2D eigenvalue weighted by molar-refractivity contribution is -0.385. The van der Waals surface area contributed by atoms with Crippen LogP contribution < -0.4 is 0 Å². The molecular weight excluding hydrogens is 359 g/mol. The number of Topliss-reactive ketones (excluding diaryl/α,β-unsaturated/α-hetero) is 1.